The van der Waals surface area contributed by atoms with Crippen LogP contribution in [0.15, 0.2) is 35.1 Å². The summed E-state index contributed by atoms with van der Waals surface area (Å²) in [5, 5.41) is 13.0. The largest absolute Gasteiger partial charge is 0.497 e. The van der Waals surface area contributed by atoms with Gasteiger partial charge in [-0.3, -0.25) is 0 Å². The number of benzene rings is 1. The molecule has 1 aromatic carbocycles. The first-order valence-electron chi connectivity index (χ1n) is 4.74. The van der Waals surface area contributed by atoms with Crippen LogP contribution < -0.4 is 4.74 Å². The van der Waals surface area contributed by atoms with Gasteiger partial charge in [0.25, 0.3) is 0 Å². The number of hydrogen-bond acceptors (Lipinski definition) is 3. The molecule has 1 N–H and O–H groups in total. The van der Waals surface area contributed by atoms with Crippen molar-refractivity contribution >= 4 is 21.9 Å². The molecule has 1 aromatic heterocycles. The van der Waals surface area contributed by atoms with Crippen LogP contribution in [0.1, 0.15) is 10.4 Å². The van der Waals surface area contributed by atoms with E-state index in [9.17, 15) is 4.79 Å². The van der Waals surface area contributed by atoms with Crippen molar-refractivity contribution in [3.63, 3.8) is 0 Å². The minimum absolute atomic E-state index is 0.126. The molecular formula is C11H9BrN2O3. The fourth-order valence-electron chi connectivity index (χ4n) is 1.36. The Morgan fingerprint density at radius 2 is 2.06 bits per heavy atom. The average molecular weight is 297 g/mol. The third kappa shape index (κ3) is 2.31. The SMILES string of the molecule is COc1ccc(-n2cc(C(=O)O)c(Br)n2)cc1. The van der Waals surface area contributed by atoms with Gasteiger partial charge in [0.1, 0.15) is 15.9 Å². The highest BCUT2D eigenvalue weighted by Gasteiger charge is 2.13. The lowest BCUT2D eigenvalue weighted by Crippen LogP contribution is -1.95. The Morgan fingerprint density at radius 1 is 1.41 bits per heavy atom. The Balaban J connectivity index is 2.39. The Hall–Kier alpha value is -1.82. The third-order valence-corrected chi connectivity index (χ3v) is 2.82. The van der Waals surface area contributed by atoms with E-state index in [4.69, 9.17) is 9.84 Å². The summed E-state index contributed by atoms with van der Waals surface area (Å²) in [6.45, 7) is 0. The summed E-state index contributed by atoms with van der Waals surface area (Å²) in [5.41, 5.74) is 0.889. The van der Waals surface area contributed by atoms with Gasteiger partial charge in [0.2, 0.25) is 0 Å². The van der Waals surface area contributed by atoms with E-state index < -0.39 is 5.97 Å². The second-order valence-electron chi connectivity index (χ2n) is 3.28. The van der Waals surface area contributed by atoms with Gasteiger partial charge in [-0.25, -0.2) is 9.48 Å². The molecule has 6 heteroatoms. The van der Waals surface area contributed by atoms with Crippen LogP contribution >= 0.6 is 15.9 Å². The minimum atomic E-state index is -1.02. The van der Waals surface area contributed by atoms with Crippen LogP contribution in [0.3, 0.4) is 0 Å². The van der Waals surface area contributed by atoms with Gasteiger partial charge >= 0.3 is 5.97 Å². The van der Waals surface area contributed by atoms with Crippen LogP contribution in [-0.4, -0.2) is 28.0 Å². The molecule has 0 bridgehead atoms. The number of carboxylic acid groups (broad SMARTS) is 1. The Bertz CT molecular complexity index is 548. The molecule has 2 rings (SSSR count). The summed E-state index contributed by atoms with van der Waals surface area (Å²) >= 11 is 3.11. The zero-order valence-electron chi connectivity index (χ0n) is 8.92. The smallest absolute Gasteiger partial charge is 0.340 e. The van der Waals surface area contributed by atoms with Gasteiger partial charge in [0, 0.05) is 6.20 Å². The summed E-state index contributed by atoms with van der Waals surface area (Å²) in [5.74, 6) is -0.282. The number of carboxylic acids is 1. The van der Waals surface area contributed by atoms with Crippen LogP contribution in [-0.2, 0) is 0 Å². The quantitative estimate of drug-likeness (QED) is 0.944. The predicted octanol–water partition coefficient (Wildman–Crippen LogP) is 2.34. The summed E-state index contributed by atoms with van der Waals surface area (Å²) in [6, 6.07) is 7.16. The number of aromatic carboxylic acids is 1. The van der Waals surface area contributed by atoms with E-state index >= 15 is 0 Å². The topological polar surface area (TPSA) is 64.3 Å². The van der Waals surface area contributed by atoms with E-state index in [-0.39, 0.29) is 5.56 Å². The highest BCUT2D eigenvalue weighted by atomic mass is 79.9. The molecule has 0 aliphatic rings. The molecule has 0 spiro atoms. The highest BCUT2D eigenvalue weighted by Crippen LogP contribution is 2.19. The van der Waals surface area contributed by atoms with E-state index in [2.05, 4.69) is 21.0 Å². The average Bonchev–Trinajstić information content (AvgIpc) is 2.71. The maximum absolute atomic E-state index is 10.9. The van der Waals surface area contributed by atoms with Crippen molar-refractivity contribution in [3.8, 4) is 11.4 Å². The fraction of sp³-hybridized carbons (Fsp3) is 0.0909. The second-order valence-corrected chi connectivity index (χ2v) is 4.03. The molecule has 0 radical (unpaired) electrons. The molecule has 0 atom stereocenters. The molecule has 17 heavy (non-hydrogen) atoms. The molecule has 5 nitrogen and oxygen atoms in total. The normalized spacial score (nSPS) is 10.2. The number of carbonyl (C=O) groups is 1. The predicted molar refractivity (Wildman–Crippen MR) is 64.8 cm³/mol. The second kappa shape index (κ2) is 4.58. The van der Waals surface area contributed by atoms with Crippen molar-refractivity contribution in [3.05, 3.63) is 40.6 Å². The standard InChI is InChI=1S/C11H9BrN2O3/c1-17-8-4-2-7(3-5-8)14-6-9(11(15)16)10(12)13-14/h2-6H,1H3,(H,15,16). The van der Waals surface area contributed by atoms with E-state index in [0.29, 0.717) is 4.60 Å². The number of ether oxygens (including phenoxy) is 1. The van der Waals surface area contributed by atoms with Crippen LogP contribution in [0.25, 0.3) is 5.69 Å². The van der Waals surface area contributed by atoms with Gasteiger partial charge in [0.05, 0.1) is 12.8 Å². The molecule has 0 saturated heterocycles. The number of aromatic nitrogens is 2. The van der Waals surface area contributed by atoms with E-state index in [1.807, 2.05) is 0 Å². The molecule has 0 aliphatic heterocycles. The monoisotopic (exact) mass is 296 g/mol. The molecule has 0 unspecified atom stereocenters. The number of halogens is 1. The van der Waals surface area contributed by atoms with Gasteiger partial charge in [-0.05, 0) is 40.2 Å². The van der Waals surface area contributed by atoms with E-state index in [0.717, 1.165) is 11.4 Å². The molecule has 0 fully saturated rings. The third-order valence-electron chi connectivity index (χ3n) is 2.24. The summed E-state index contributed by atoms with van der Waals surface area (Å²) in [6.07, 6.45) is 1.45. The Kier molecular flexibility index (Phi) is 3.14. The summed E-state index contributed by atoms with van der Waals surface area (Å²) < 4.78 is 6.84. The first-order chi connectivity index (χ1) is 8.11. The van der Waals surface area contributed by atoms with E-state index in [1.165, 1.54) is 10.9 Å². The van der Waals surface area contributed by atoms with Gasteiger partial charge in [-0.15, -0.1) is 0 Å². The number of hydrogen-bond donors (Lipinski definition) is 1. The van der Waals surface area contributed by atoms with Crippen molar-refractivity contribution in [2.75, 3.05) is 7.11 Å². The van der Waals surface area contributed by atoms with Crippen LogP contribution in [0, 0.1) is 0 Å². The minimum Gasteiger partial charge on any atom is -0.497 e. The van der Waals surface area contributed by atoms with E-state index in [1.54, 1.807) is 31.4 Å². The molecular weight excluding hydrogens is 288 g/mol. The lowest BCUT2D eigenvalue weighted by molar-refractivity contribution is 0.0696. The zero-order chi connectivity index (χ0) is 12.4. The molecule has 1 heterocycles. The molecule has 88 valence electrons. The van der Waals surface area contributed by atoms with Gasteiger partial charge < -0.3 is 9.84 Å². The first-order valence-corrected chi connectivity index (χ1v) is 5.54. The summed E-state index contributed by atoms with van der Waals surface area (Å²) in [4.78, 5) is 10.9. The van der Waals surface area contributed by atoms with Crippen molar-refractivity contribution in [2.24, 2.45) is 0 Å². The Morgan fingerprint density at radius 3 is 2.53 bits per heavy atom. The van der Waals surface area contributed by atoms with Crippen molar-refractivity contribution in [2.45, 2.75) is 0 Å². The molecule has 0 saturated carbocycles. The van der Waals surface area contributed by atoms with Gasteiger partial charge in [-0.2, -0.15) is 5.10 Å². The van der Waals surface area contributed by atoms with Crippen LogP contribution in [0.2, 0.25) is 0 Å². The van der Waals surface area contributed by atoms with Crippen molar-refractivity contribution in [1.29, 1.82) is 0 Å². The fourth-order valence-corrected chi connectivity index (χ4v) is 1.81. The number of nitrogens with zero attached hydrogens (tertiary/aromatic N) is 2. The number of rotatable bonds is 3. The van der Waals surface area contributed by atoms with Crippen LogP contribution in [0.4, 0.5) is 0 Å². The Labute approximate surface area is 106 Å². The van der Waals surface area contributed by atoms with Crippen molar-refractivity contribution < 1.29 is 14.6 Å². The maximum atomic E-state index is 10.9. The lowest BCUT2D eigenvalue weighted by atomic mass is 10.3. The van der Waals surface area contributed by atoms with Crippen LogP contribution in [0.5, 0.6) is 5.75 Å². The first kappa shape index (κ1) is 11.7. The highest BCUT2D eigenvalue weighted by molar-refractivity contribution is 9.10. The lowest BCUT2D eigenvalue weighted by Gasteiger charge is -2.02. The molecule has 0 aliphatic carbocycles. The molecule has 2 aromatic rings. The molecule has 0 amide bonds. The van der Waals surface area contributed by atoms with Gasteiger partial charge in [-0.1, -0.05) is 0 Å². The summed E-state index contributed by atoms with van der Waals surface area (Å²) in [7, 11) is 1.59. The number of methoxy groups -OCH3 is 1. The zero-order valence-corrected chi connectivity index (χ0v) is 10.5. The maximum Gasteiger partial charge on any atom is 0.340 e. The van der Waals surface area contributed by atoms with Crippen molar-refractivity contribution in [1.82, 2.24) is 9.78 Å². The van der Waals surface area contributed by atoms with Gasteiger partial charge in [0.15, 0.2) is 0 Å².